The van der Waals surface area contributed by atoms with Gasteiger partial charge in [-0.1, -0.05) is 0 Å². The van der Waals surface area contributed by atoms with Gasteiger partial charge in [0.15, 0.2) is 0 Å². The second-order valence-corrected chi connectivity index (χ2v) is 4.36. The normalized spacial score (nSPS) is 10.8. The molecular weight excluding hydrogens is 256 g/mol. The van der Waals surface area contributed by atoms with Crippen LogP contribution in [0.3, 0.4) is 0 Å². The minimum atomic E-state index is 0.586. The van der Waals surface area contributed by atoms with Gasteiger partial charge < -0.3 is 19.9 Å². The zero-order chi connectivity index (χ0) is 14.2. The van der Waals surface area contributed by atoms with E-state index in [-0.39, 0.29) is 0 Å². The molecule has 2 aromatic rings. The summed E-state index contributed by atoms with van der Waals surface area (Å²) in [4.78, 5) is 4.33. The highest BCUT2D eigenvalue weighted by molar-refractivity contribution is 5.94. The third-order valence-corrected chi connectivity index (χ3v) is 2.89. The number of benzene rings is 1. The van der Waals surface area contributed by atoms with Gasteiger partial charge in [0.05, 0.1) is 19.8 Å². The zero-order valence-corrected chi connectivity index (χ0v) is 11.7. The predicted molar refractivity (Wildman–Crippen MR) is 79.0 cm³/mol. The summed E-state index contributed by atoms with van der Waals surface area (Å²) in [5, 5.41) is 0.918. The van der Waals surface area contributed by atoms with Crippen molar-refractivity contribution >= 4 is 16.6 Å². The number of ether oxygens (including phenoxy) is 3. The van der Waals surface area contributed by atoms with Crippen LogP contribution in [0.4, 0.5) is 5.69 Å². The molecule has 2 rings (SSSR count). The summed E-state index contributed by atoms with van der Waals surface area (Å²) >= 11 is 0. The molecular formula is C15H20N2O3. The van der Waals surface area contributed by atoms with Gasteiger partial charge in [0.1, 0.15) is 11.3 Å². The molecule has 0 fully saturated rings. The fourth-order valence-electron chi connectivity index (χ4n) is 1.87. The van der Waals surface area contributed by atoms with E-state index in [4.69, 9.17) is 19.9 Å². The summed E-state index contributed by atoms with van der Waals surface area (Å²) < 4.78 is 16.0. The van der Waals surface area contributed by atoms with Gasteiger partial charge in [-0.15, -0.1) is 0 Å². The van der Waals surface area contributed by atoms with E-state index in [1.807, 2.05) is 24.3 Å². The van der Waals surface area contributed by atoms with Crippen molar-refractivity contribution in [3.8, 4) is 5.75 Å². The molecule has 5 heteroatoms. The average Bonchev–Trinajstić information content (AvgIpc) is 2.49. The fourth-order valence-corrected chi connectivity index (χ4v) is 1.87. The zero-order valence-electron chi connectivity index (χ0n) is 11.7. The van der Waals surface area contributed by atoms with Gasteiger partial charge in [0.25, 0.3) is 0 Å². The third-order valence-electron chi connectivity index (χ3n) is 2.89. The van der Waals surface area contributed by atoms with E-state index < -0.39 is 0 Å². The lowest BCUT2D eigenvalue weighted by Gasteiger charge is -2.10. The number of hydrogen-bond donors (Lipinski definition) is 1. The second-order valence-electron chi connectivity index (χ2n) is 4.36. The Balaban J connectivity index is 1.86. The number of fused-ring (bicyclic) bond motifs is 1. The van der Waals surface area contributed by atoms with Crippen LogP contribution in [0, 0.1) is 0 Å². The predicted octanol–water partition coefficient (Wildman–Crippen LogP) is 2.25. The Morgan fingerprint density at radius 2 is 2.00 bits per heavy atom. The summed E-state index contributed by atoms with van der Waals surface area (Å²) in [5.74, 6) is 0.756. The minimum Gasteiger partial charge on any atom is -0.491 e. The highest BCUT2D eigenvalue weighted by Crippen LogP contribution is 2.27. The summed E-state index contributed by atoms with van der Waals surface area (Å²) in [7, 11) is 1.66. The van der Waals surface area contributed by atoms with Gasteiger partial charge in [-0.05, 0) is 24.3 Å². The summed E-state index contributed by atoms with van der Waals surface area (Å²) in [6, 6.07) is 7.51. The lowest BCUT2D eigenvalue weighted by atomic mass is 10.2. The number of aromatic nitrogens is 1. The number of anilines is 1. The molecule has 0 spiro atoms. The smallest absolute Gasteiger partial charge is 0.145 e. The van der Waals surface area contributed by atoms with E-state index in [0.29, 0.717) is 32.1 Å². The van der Waals surface area contributed by atoms with Crippen molar-refractivity contribution in [2.45, 2.75) is 6.42 Å². The maximum atomic E-state index is 5.92. The number of methoxy groups -OCH3 is 1. The van der Waals surface area contributed by atoms with E-state index in [2.05, 4.69) is 4.98 Å². The van der Waals surface area contributed by atoms with Crippen molar-refractivity contribution in [1.82, 2.24) is 4.98 Å². The molecule has 0 aliphatic heterocycles. The van der Waals surface area contributed by atoms with Crippen LogP contribution in [-0.2, 0) is 9.47 Å². The molecule has 0 aliphatic rings. The van der Waals surface area contributed by atoms with E-state index >= 15 is 0 Å². The molecule has 0 bridgehead atoms. The third kappa shape index (κ3) is 3.82. The first-order valence-corrected chi connectivity index (χ1v) is 6.65. The van der Waals surface area contributed by atoms with Crippen LogP contribution in [0.1, 0.15) is 6.42 Å². The topological polar surface area (TPSA) is 66.6 Å². The maximum Gasteiger partial charge on any atom is 0.145 e. The van der Waals surface area contributed by atoms with Gasteiger partial charge in [-0.2, -0.15) is 0 Å². The molecule has 0 aliphatic carbocycles. The molecule has 0 amide bonds. The first-order chi connectivity index (χ1) is 9.83. The monoisotopic (exact) mass is 276 g/mol. The van der Waals surface area contributed by atoms with Crippen LogP contribution in [-0.4, -0.2) is 38.5 Å². The Kier molecular flexibility index (Phi) is 5.58. The van der Waals surface area contributed by atoms with Crippen molar-refractivity contribution in [1.29, 1.82) is 0 Å². The summed E-state index contributed by atoms with van der Waals surface area (Å²) in [5.41, 5.74) is 7.43. The van der Waals surface area contributed by atoms with E-state index in [9.17, 15) is 0 Å². The van der Waals surface area contributed by atoms with Gasteiger partial charge in [0.2, 0.25) is 0 Å². The van der Waals surface area contributed by atoms with Crippen LogP contribution >= 0.6 is 0 Å². The Bertz CT molecular complexity index is 546. The number of rotatable bonds is 8. The molecule has 5 nitrogen and oxygen atoms in total. The maximum absolute atomic E-state index is 5.92. The molecule has 0 unspecified atom stereocenters. The largest absolute Gasteiger partial charge is 0.491 e. The van der Waals surface area contributed by atoms with Crippen LogP contribution in [0.5, 0.6) is 5.75 Å². The molecule has 0 saturated carbocycles. The minimum absolute atomic E-state index is 0.586. The summed E-state index contributed by atoms with van der Waals surface area (Å²) in [6.45, 7) is 2.47. The first-order valence-electron chi connectivity index (χ1n) is 6.65. The quantitative estimate of drug-likeness (QED) is 0.591. The molecule has 0 saturated heterocycles. The number of nitrogen functional groups attached to an aromatic ring is 1. The van der Waals surface area contributed by atoms with Crippen molar-refractivity contribution in [2.24, 2.45) is 0 Å². The highest BCUT2D eigenvalue weighted by atomic mass is 16.5. The van der Waals surface area contributed by atoms with Crippen molar-refractivity contribution in [2.75, 3.05) is 39.3 Å². The second kappa shape index (κ2) is 7.67. The molecule has 2 N–H and O–H groups in total. The molecule has 1 aromatic heterocycles. The number of pyridine rings is 1. The van der Waals surface area contributed by atoms with Crippen LogP contribution in [0.2, 0.25) is 0 Å². The molecule has 1 heterocycles. The Hall–Kier alpha value is -1.85. The number of nitrogens with zero attached hydrogens (tertiary/aromatic N) is 1. The van der Waals surface area contributed by atoms with Crippen molar-refractivity contribution in [3.63, 3.8) is 0 Å². The molecule has 108 valence electrons. The van der Waals surface area contributed by atoms with E-state index in [1.54, 1.807) is 13.3 Å². The van der Waals surface area contributed by atoms with E-state index in [1.165, 1.54) is 0 Å². The Morgan fingerprint density at radius 3 is 2.85 bits per heavy atom. The fraction of sp³-hybridized carbons (Fsp3) is 0.400. The van der Waals surface area contributed by atoms with Gasteiger partial charge in [-0.25, -0.2) is 0 Å². The molecule has 20 heavy (non-hydrogen) atoms. The standard InChI is InChI=1S/C15H20N2O3/c1-18-10-11-19-8-3-9-20-14-6-5-13(16)12-4-2-7-17-15(12)14/h2,4-7H,3,8-11,16H2,1H3. The van der Waals surface area contributed by atoms with Crippen LogP contribution in [0.25, 0.3) is 10.9 Å². The Labute approximate surface area is 118 Å². The lowest BCUT2D eigenvalue weighted by Crippen LogP contribution is -2.07. The van der Waals surface area contributed by atoms with Crippen molar-refractivity contribution < 1.29 is 14.2 Å². The molecule has 0 radical (unpaired) electrons. The van der Waals surface area contributed by atoms with Gasteiger partial charge in [0, 0.05) is 37.4 Å². The number of hydrogen-bond acceptors (Lipinski definition) is 5. The first kappa shape index (κ1) is 14.6. The average molecular weight is 276 g/mol. The number of nitrogens with two attached hydrogens (primary N) is 1. The highest BCUT2D eigenvalue weighted by Gasteiger charge is 2.05. The molecule has 1 aromatic carbocycles. The SMILES string of the molecule is COCCOCCCOc1ccc(N)c2cccnc12. The summed E-state index contributed by atoms with van der Waals surface area (Å²) in [6.07, 6.45) is 2.56. The van der Waals surface area contributed by atoms with Gasteiger partial charge in [-0.3, -0.25) is 4.98 Å². The van der Waals surface area contributed by atoms with Gasteiger partial charge >= 0.3 is 0 Å². The Morgan fingerprint density at radius 1 is 1.10 bits per heavy atom. The van der Waals surface area contributed by atoms with Crippen LogP contribution in [0.15, 0.2) is 30.5 Å². The lowest BCUT2D eigenvalue weighted by molar-refractivity contribution is 0.0645. The van der Waals surface area contributed by atoms with Crippen molar-refractivity contribution in [3.05, 3.63) is 30.5 Å². The van der Waals surface area contributed by atoms with E-state index in [0.717, 1.165) is 23.1 Å². The van der Waals surface area contributed by atoms with Crippen LogP contribution < -0.4 is 10.5 Å². The molecule has 0 atom stereocenters.